The van der Waals surface area contributed by atoms with E-state index in [1.54, 1.807) is 18.2 Å². The molecule has 0 aliphatic heterocycles. The molecule has 1 aliphatic rings. The molecule has 2 atom stereocenters. The van der Waals surface area contributed by atoms with Gasteiger partial charge in [-0.05, 0) is 53.6 Å². The van der Waals surface area contributed by atoms with Crippen LogP contribution in [-0.2, 0) is 4.79 Å². The molecule has 2 unspecified atom stereocenters. The standard InChI is InChI=1S/C13H13ClINO3/c14-9-6-7(4-5-10(9)15)12(17)16-11-3-1-2-8(11)13(18)19/h4-6,8,11H,1-3H2,(H,16,17)(H,18,19). The summed E-state index contributed by atoms with van der Waals surface area (Å²) >= 11 is 8.06. The Kier molecular flexibility index (Phi) is 4.67. The second kappa shape index (κ2) is 6.09. The van der Waals surface area contributed by atoms with Crippen molar-refractivity contribution in [1.82, 2.24) is 5.32 Å². The Morgan fingerprint density at radius 3 is 2.74 bits per heavy atom. The lowest BCUT2D eigenvalue weighted by Gasteiger charge is -2.17. The number of hydrogen-bond donors (Lipinski definition) is 2. The Morgan fingerprint density at radius 2 is 2.11 bits per heavy atom. The molecule has 102 valence electrons. The largest absolute Gasteiger partial charge is 0.481 e. The van der Waals surface area contributed by atoms with Crippen LogP contribution < -0.4 is 5.32 Å². The zero-order chi connectivity index (χ0) is 14.0. The van der Waals surface area contributed by atoms with Crippen LogP contribution >= 0.6 is 34.2 Å². The second-order valence-corrected chi connectivity index (χ2v) is 6.15. The zero-order valence-electron chi connectivity index (χ0n) is 10.0. The lowest BCUT2D eigenvalue weighted by molar-refractivity contribution is -0.142. The summed E-state index contributed by atoms with van der Waals surface area (Å²) in [5.41, 5.74) is 0.460. The van der Waals surface area contributed by atoms with Gasteiger partial charge in [0.1, 0.15) is 0 Å². The summed E-state index contributed by atoms with van der Waals surface area (Å²) in [7, 11) is 0. The number of carboxylic acid groups (broad SMARTS) is 1. The molecule has 2 rings (SSSR count). The van der Waals surface area contributed by atoms with Crippen LogP contribution in [0.25, 0.3) is 0 Å². The van der Waals surface area contributed by atoms with Crippen molar-refractivity contribution in [3.63, 3.8) is 0 Å². The molecule has 0 aromatic heterocycles. The summed E-state index contributed by atoms with van der Waals surface area (Å²) in [6.07, 6.45) is 2.16. The summed E-state index contributed by atoms with van der Waals surface area (Å²) in [4.78, 5) is 23.1. The zero-order valence-corrected chi connectivity index (χ0v) is 12.9. The molecule has 0 saturated heterocycles. The molecule has 1 saturated carbocycles. The third kappa shape index (κ3) is 3.39. The van der Waals surface area contributed by atoms with Gasteiger partial charge < -0.3 is 10.4 Å². The van der Waals surface area contributed by atoms with Crippen molar-refractivity contribution in [1.29, 1.82) is 0 Å². The van der Waals surface area contributed by atoms with Crippen molar-refractivity contribution in [3.05, 3.63) is 32.4 Å². The van der Waals surface area contributed by atoms with E-state index in [-0.39, 0.29) is 11.9 Å². The number of hydrogen-bond acceptors (Lipinski definition) is 2. The van der Waals surface area contributed by atoms with Gasteiger partial charge in [0.15, 0.2) is 0 Å². The molecule has 1 aromatic carbocycles. The fourth-order valence-corrected chi connectivity index (χ4v) is 2.83. The molecule has 2 N–H and O–H groups in total. The predicted octanol–water partition coefficient (Wildman–Crippen LogP) is 2.93. The molecule has 0 heterocycles. The quantitative estimate of drug-likeness (QED) is 0.776. The predicted molar refractivity (Wildman–Crippen MR) is 80.4 cm³/mol. The van der Waals surface area contributed by atoms with Gasteiger partial charge in [0.2, 0.25) is 0 Å². The van der Waals surface area contributed by atoms with E-state index >= 15 is 0 Å². The Labute approximate surface area is 129 Å². The Bertz CT molecular complexity index is 521. The summed E-state index contributed by atoms with van der Waals surface area (Å²) in [6.45, 7) is 0. The molecule has 0 radical (unpaired) electrons. The molecule has 1 amide bonds. The van der Waals surface area contributed by atoms with Crippen molar-refractivity contribution >= 4 is 46.1 Å². The lowest BCUT2D eigenvalue weighted by Crippen LogP contribution is -2.40. The van der Waals surface area contributed by atoms with Crippen LogP contribution in [0, 0.1) is 9.49 Å². The van der Waals surface area contributed by atoms with Gasteiger partial charge >= 0.3 is 5.97 Å². The number of nitrogens with one attached hydrogen (secondary N) is 1. The molecule has 4 nitrogen and oxygen atoms in total. The average Bonchev–Trinajstić information content (AvgIpc) is 2.80. The van der Waals surface area contributed by atoms with E-state index in [9.17, 15) is 9.59 Å². The first-order valence-corrected chi connectivity index (χ1v) is 7.43. The third-order valence-corrected chi connectivity index (χ3v) is 4.90. The normalized spacial score (nSPS) is 22.2. The Morgan fingerprint density at radius 1 is 1.37 bits per heavy atom. The summed E-state index contributed by atoms with van der Waals surface area (Å²) in [6, 6.07) is 4.76. The minimum atomic E-state index is -0.844. The van der Waals surface area contributed by atoms with Gasteiger partial charge in [-0.3, -0.25) is 9.59 Å². The van der Waals surface area contributed by atoms with Gasteiger partial charge in [0.25, 0.3) is 5.91 Å². The van der Waals surface area contributed by atoms with Crippen LogP contribution in [0.5, 0.6) is 0 Å². The molecule has 1 aromatic rings. The molecular weight excluding hydrogens is 381 g/mol. The minimum Gasteiger partial charge on any atom is -0.481 e. The molecular formula is C13H13ClINO3. The number of carbonyl (C=O) groups excluding carboxylic acids is 1. The van der Waals surface area contributed by atoms with E-state index < -0.39 is 11.9 Å². The Hall–Kier alpha value is -0.820. The number of aliphatic carboxylic acids is 1. The van der Waals surface area contributed by atoms with Crippen LogP contribution in [0.3, 0.4) is 0 Å². The first-order valence-electron chi connectivity index (χ1n) is 5.98. The number of rotatable bonds is 3. The fraction of sp³-hybridized carbons (Fsp3) is 0.385. The highest BCUT2D eigenvalue weighted by Crippen LogP contribution is 2.26. The lowest BCUT2D eigenvalue weighted by atomic mass is 10.0. The van der Waals surface area contributed by atoms with E-state index in [1.807, 2.05) is 0 Å². The van der Waals surface area contributed by atoms with E-state index in [0.717, 1.165) is 9.99 Å². The van der Waals surface area contributed by atoms with Crippen molar-refractivity contribution in [2.75, 3.05) is 0 Å². The van der Waals surface area contributed by atoms with Crippen LogP contribution in [0.15, 0.2) is 18.2 Å². The van der Waals surface area contributed by atoms with Gasteiger partial charge in [0, 0.05) is 15.2 Å². The highest BCUT2D eigenvalue weighted by atomic mass is 127. The number of halogens is 2. The molecule has 1 fully saturated rings. The first kappa shape index (κ1) is 14.6. The summed E-state index contributed by atoms with van der Waals surface area (Å²) < 4.78 is 0.875. The van der Waals surface area contributed by atoms with E-state index in [1.165, 1.54) is 0 Å². The monoisotopic (exact) mass is 393 g/mol. The molecule has 0 spiro atoms. The van der Waals surface area contributed by atoms with Crippen molar-refractivity contribution < 1.29 is 14.7 Å². The van der Waals surface area contributed by atoms with Gasteiger partial charge in [-0.2, -0.15) is 0 Å². The summed E-state index contributed by atoms with van der Waals surface area (Å²) in [5.74, 6) is -1.59. The smallest absolute Gasteiger partial charge is 0.308 e. The van der Waals surface area contributed by atoms with Gasteiger partial charge in [-0.1, -0.05) is 18.0 Å². The van der Waals surface area contributed by atoms with Crippen LogP contribution in [0.1, 0.15) is 29.6 Å². The number of carboxylic acids is 1. The van der Waals surface area contributed by atoms with Crippen LogP contribution in [0.4, 0.5) is 0 Å². The number of amides is 1. The molecule has 6 heteroatoms. The topological polar surface area (TPSA) is 66.4 Å². The van der Waals surface area contributed by atoms with Gasteiger partial charge in [0.05, 0.1) is 10.9 Å². The average molecular weight is 394 g/mol. The minimum absolute atomic E-state index is 0.267. The molecule has 0 bridgehead atoms. The maximum Gasteiger partial charge on any atom is 0.308 e. The van der Waals surface area contributed by atoms with E-state index in [2.05, 4.69) is 27.9 Å². The number of carbonyl (C=O) groups is 2. The fourth-order valence-electron chi connectivity index (χ4n) is 2.32. The van der Waals surface area contributed by atoms with Crippen LogP contribution in [0.2, 0.25) is 5.02 Å². The number of benzene rings is 1. The van der Waals surface area contributed by atoms with Crippen molar-refractivity contribution in [2.24, 2.45) is 5.92 Å². The van der Waals surface area contributed by atoms with E-state index in [4.69, 9.17) is 16.7 Å². The summed E-state index contributed by atoms with van der Waals surface area (Å²) in [5, 5.41) is 12.4. The SMILES string of the molecule is O=C(NC1CCCC1C(=O)O)c1ccc(I)c(Cl)c1. The Balaban J connectivity index is 2.08. The highest BCUT2D eigenvalue weighted by molar-refractivity contribution is 14.1. The maximum atomic E-state index is 12.1. The maximum absolute atomic E-state index is 12.1. The first-order chi connectivity index (χ1) is 8.99. The van der Waals surface area contributed by atoms with Crippen molar-refractivity contribution in [2.45, 2.75) is 25.3 Å². The van der Waals surface area contributed by atoms with Gasteiger partial charge in [-0.25, -0.2) is 0 Å². The van der Waals surface area contributed by atoms with E-state index in [0.29, 0.717) is 23.4 Å². The third-order valence-electron chi connectivity index (χ3n) is 3.33. The van der Waals surface area contributed by atoms with Crippen molar-refractivity contribution in [3.8, 4) is 0 Å². The molecule has 1 aliphatic carbocycles. The highest BCUT2D eigenvalue weighted by Gasteiger charge is 2.33. The molecule has 19 heavy (non-hydrogen) atoms. The second-order valence-electron chi connectivity index (χ2n) is 4.58. The van der Waals surface area contributed by atoms with Gasteiger partial charge in [-0.15, -0.1) is 0 Å². The van der Waals surface area contributed by atoms with Crippen LogP contribution in [-0.4, -0.2) is 23.0 Å².